The Morgan fingerprint density at radius 3 is 2.78 bits per heavy atom. The lowest BCUT2D eigenvalue weighted by molar-refractivity contribution is 0.440. The second-order valence-electron chi connectivity index (χ2n) is 6.36. The van der Waals surface area contributed by atoms with Crippen LogP contribution in [0.5, 0.6) is 0 Å². The molecule has 0 radical (unpaired) electrons. The van der Waals surface area contributed by atoms with E-state index in [9.17, 15) is 0 Å². The van der Waals surface area contributed by atoms with Gasteiger partial charge in [0.05, 0.1) is 10.0 Å². The summed E-state index contributed by atoms with van der Waals surface area (Å²) in [6.07, 6.45) is 1.17. The summed E-state index contributed by atoms with van der Waals surface area (Å²) in [6.45, 7) is 4.30. The molecule has 0 saturated carbocycles. The first-order chi connectivity index (χ1) is 11.1. The van der Waals surface area contributed by atoms with E-state index in [0.29, 0.717) is 22.0 Å². The molecule has 120 valence electrons. The Kier molecular flexibility index (Phi) is 3.88. The normalized spacial score (nSPS) is 22.2. The Morgan fingerprint density at radius 1 is 1.09 bits per heavy atom. The van der Waals surface area contributed by atoms with Gasteiger partial charge in [-0.2, -0.15) is 0 Å². The number of nitrogens with one attached hydrogen (secondary N) is 3. The number of fused-ring (bicyclic) bond motifs is 3. The van der Waals surface area contributed by atoms with Crippen molar-refractivity contribution < 1.29 is 0 Å². The zero-order valence-corrected chi connectivity index (χ0v) is 14.4. The van der Waals surface area contributed by atoms with Gasteiger partial charge in [0.15, 0.2) is 0 Å². The Bertz CT molecular complexity index is 760. The van der Waals surface area contributed by atoms with Gasteiger partial charge < -0.3 is 16.0 Å². The smallest absolute Gasteiger partial charge is 0.0612 e. The maximum absolute atomic E-state index is 6.11. The lowest BCUT2D eigenvalue weighted by atomic mass is 9.89. The van der Waals surface area contributed by atoms with Crippen LogP contribution in [0.1, 0.15) is 23.5 Å². The molecule has 2 aliphatic rings. The zero-order chi connectivity index (χ0) is 16.0. The van der Waals surface area contributed by atoms with Crippen molar-refractivity contribution in [1.82, 2.24) is 5.32 Å². The summed E-state index contributed by atoms with van der Waals surface area (Å²) in [5.74, 6) is 0.549. The number of hydrogen-bond donors (Lipinski definition) is 3. The number of piperidine rings is 1. The molecule has 2 heterocycles. The Balaban J connectivity index is 1.66. The maximum atomic E-state index is 6.11. The van der Waals surface area contributed by atoms with Gasteiger partial charge in [0.1, 0.15) is 0 Å². The topological polar surface area (TPSA) is 36.1 Å². The number of anilines is 3. The van der Waals surface area contributed by atoms with Crippen LogP contribution >= 0.6 is 23.2 Å². The molecule has 0 spiro atoms. The fourth-order valence-electron chi connectivity index (χ4n) is 3.66. The average molecular weight is 348 g/mol. The lowest BCUT2D eigenvalue weighted by Gasteiger charge is -2.26. The lowest BCUT2D eigenvalue weighted by Crippen LogP contribution is -2.38. The summed E-state index contributed by atoms with van der Waals surface area (Å²) in [7, 11) is 0. The number of rotatable bonds is 2. The first-order valence-corrected chi connectivity index (χ1v) is 8.71. The largest absolute Gasteiger partial charge is 0.381 e. The summed E-state index contributed by atoms with van der Waals surface area (Å²) in [5.41, 5.74) is 6.03. The number of hydrogen-bond acceptors (Lipinski definition) is 3. The monoisotopic (exact) mass is 347 g/mol. The fraction of sp³-hybridized carbons (Fsp3) is 0.333. The molecule has 0 amide bonds. The van der Waals surface area contributed by atoms with Gasteiger partial charge >= 0.3 is 0 Å². The molecule has 0 bridgehead atoms. The molecule has 2 aliphatic heterocycles. The van der Waals surface area contributed by atoms with Crippen LogP contribution in [0.25, 0.3) is 0 Å². The minimum atomic E-state index is 0.549. The highest BCUT2D eigenvalue weighted by atomic mass is 35.5. The van der Waals surface area contributed by atoms with E-state index in [1.807, 2.05) is 18.2 Å². The summed E-state index contributed by atoms with van der Waals surface area (Å²) in [4.78, 5) is 0. The van der Waals surface area contributed by atoms with E-state index < -0.39 is 0 Å². The minimum Gasteiger partial charge on any atom is -0.381 e. The van der Waals surface area contributed by atoms with E-state index in [1.165, 1.54) is 23.2 Å². The van der Waals surface area contributed by atoms with E-state index in [1.54, 1.807) is 0 Å². The van der Waals surface area contributed by atoms with E-state index in [2.05, 4.69) is 35.0 Å². The molecule has 3 nitrogen and oxygen atoms in total. The second kappa shape index (κ2) is 5.90. The highest BCUT2D eigenvalue weighted by Crippen LogP contribution is 2.42. The highest BCUT2D eigenvalue weighted by molar-refractivity contribution is 6.42. The van der Waals surface area contributed by atoms with Gasteiger partial charge in [-0.15, -0.1) is 0 Å². The van der Waals surface area contributed by atoms with Crippen molar-refractivity contribution >= 4 is 40.3 Å². The van der Waals surface area contributed by atoms with Gasteiger partial charge in [-0.05, 0) is 61.3 Å². The van der Waals surface area contributed by atoms with Gasteiger partial charge in [-0.1, -0.05) is 23.2 Å². The molecule has 0 aromatic heterocycles. The highest BCUT2D eigenvalue weighted by Gasteiger charge is 2.34. The Hall–Kier alpha value is -1.42. The van der Waals surface area contributed by atoms with Crippen LogP contribution in [0.4, 0.5) is 17.1 Å². The van der Waals surface area contributed by atoms with Gasteiger partial charge in [-0.3, -0.25) is 0 Å². The van der Waals surface area contributed by atoms with Crippen molar-refractivity contribution in [3.05, 3.63) is 51.5 Å². The summed E-state index contributed by atoms with van der Waals surface area (Å²) in [5, 5.41) is 11.8. The predicted octanol–water partition coefficient (Wildman–Crippen LogP) is 4.92. The molecule has 23 heavy (non-hydrogen) atoms. The van der Waals surface area contributed by atoms with Crippen molar-refractivity contribution in [2.45, 2.75) is 25.3 Å². The van der Waals surface area contributed by atoms with Crippen molar-refractivity contribution in [2.75, 3.05) is 23.7 Å². The third-order valence-corrected chi connectivity index (χ3v) is 5.52. The van der Waals surface area contributed by atoms with Gasteiger partial charge in [0.2, 0.25) is 0 Å². The van der Waals surface area contributed by atoms with Crippen LogP contribution in [0.2, 0.25) is 10.0 Å². The van der Waals surface area contributed by atoms with Crippen LogP contribution in [-0.2, 0) is 0 Å². The molecule has 1 fully saturated rings. The summed E-state index contributed by atoms with van der Waals surface area (Å²) in [6, 6.07) is 10.6. The number of benzene rings is 2. The maximum Gasteiger partial charge on any atom is 0.0612 e. The van der Waals surface area contributed by atoms with Crippen molar-refractivity contribution in [3.8, 4) is 0 Å². The van der Waals surface area contributed by atoms with E-state index in [-0.39, 0.29) is 0 Å². The van der Waals surface area contributed by atoms with E-state index in [0.717, 1.165) is 24.5 Å². The molecule has 0 unspecified atom stereocenters. The van der Waals surface area contributed by atoms with Crippen LogP contribution in [0.3, 0.4) is 0 Å². The fourth-order valence-corrected chi connectivity index (χ4v) is 3.96. The molecular weight excluding hydrogens is 329 g/mol. The zero-order valence-electron chi connectivity index (χ0n) is 12.9. The third kappa shape index (κ3) is 2.78. The minimum absolute atomic E-state index is 0.549. The molecule has 2 aromatic carbocycles. The van der Waals surface area contributed by atoms with Crippen LogP contribution < -0.4 is 16.0 Å². The van der Waals surface area contributed by atoms with Gasteiger partial charge in [0, 0.05) is 35.6 Å². The molecule has 0 aliphatic carbocycles. The summed E-state index contributed by atoms with van der Waals surface area (Å²) < 4.78 is 0. The number of halogens is 2. The van der Waals surface area contributed by atoms with Crippen LogP contribution in [-0.4, -0.2) is 19.1 Å². The van der Waals surface area contributed by atoms with E-state index >= 15 is 0 Å². The molecule has 5 heteroatoms. The first-order valence-electron chi connectivity index (χ1n) is 7.95. The van der Waals surface area contributed by atoms with Gasteiger partial charge in [-0.25, -0.2) is 0 Å². The average Bonchev–Trinajstić information content (AvgIpc) is 2.91. The van der Waals surface area contributed by atoms with Crippen molar-refractivity contribution in [2.24, 2.45) is 0 Å². The predicted molar refractivity (Wildman–Crippen MR) is 98.6 cm³/mol. The third-order valence-electron chi connectivity index (χ3n) is 4.79. The molecular formula is C18H19Cl2N3. The Morgan fingerprint density at radius 2 is 1.96 bits per heavy atom. The first kappa shape index (κ1) is 15.1. The SMILES string of the molecule is Cc1cc(Nc2ccc(Cl)c(Cl)c2)cc2c1N[C@H]1CCNC[C@@H]21. The Labute approximate surface area is 146 Å². The van der Waals surface area contributed by atoms with E-state index in [4.69, 9.17) is 23.2 Å². The van der Waals surface area contributed by atoms with Crippen molar-refractivity contribution in [3.63, 3.8) is 0 Å². The van der Waals surface area contributed by atoms with Crippen LogP contribution in [0, 0.1) is 6.92 Å². The summed E-state index contributed by atoms with van der Waals surface area (Å²) >= 11 is 12.1. The molecule has 2 atom stereocenters. The molecule has 4 rings (SSSR count). The number of aryl methyl sites for hydroxylation is 1. The standard InChI is InChI=1S/C18H19Cl2N3/c1-10-6-12(22-11-2-3-15(19)16(20)8-11)7-13-14-9-21-5-4-17(14)23-18(10)13/h2-3,6-8,14,17,21-23H,4-5,9H2,1H3/t14-,17-/m0/s1. The van der Waals surface area contributed by atoms with Crippen molar-refractivity contribution in [1.29, 1.82) is 0 Å². The quantitative estimate of drug-likeness (QED) is 0.721. The van der Waals surface area contributed by atoms with Gasteiger partial charge in [0.25, 0.3) is 0 Å². The van der Waals surface area contributed by atoms with Crippen LogP contribution in [0.15, 0.2) is 30.3 Å². The second-order valence-corrected chi connectivity index (χ2v) is 7.18. The molecule has 3 N–H and O–H groups in total. The molecule has 2 aromatic rings. The molecule has 1 saturated heterocycles.